The minimum Gasteiger partial charge on any atom is -0.497 e. The van der Waals surface area contributed by atoms with Gasteiger partial charge in [0.05, 0.1) is 18.4 Å². The molecule has 144 valence electrons. The Hall–Kier alpha value is -3.12. The maximum atomic E-state index is 13.4. The highest BCUT2D eigenvalue weighted by Crippen LogP contribution is 2.35. The Morgan fingerprint density at radius 1 is 0.821 bits per heavy atom. The average Bonchev–Trinajstić information content (AvgIpc) is 2.99. The van der Waals surface area contributed by atoms with Crippen LogP contribution in [0.25, 0.3) is 5.57 Å². The molecule has 2 aliphatic heterocycles. The van der Waals surface area contributed by atoms with Crippen LogP contribution in [0.1, 0.15) is 5.56 Å². The van der Waals surface area contributed by atoms with Gasteiger partial charge in [0.2, 0.25) is 0 Å². The quantitative estimate of drug-likeness (QED) is 0.765. The Balaban J connectivity index is 1.79. The van der Waals surface area contributed by atoms with Gasteiger partial charge in [-0.3, -0.25) is 9.59 Å². The summed E-state index contributed by atoms with van der Waals surface area (Å²) in [5, 5.41) is 0. The molecule has 1 saturated heterocycles. The average molecular weight is 377 g/mol. The molecule has 0 atom stereocenters. The zero-order chi connectivity index (χ0) is 19.7. The van der Waals surface area contributed by atoms with E-state index in [0.29, 0.717) is 35.8 Å². The zero-order valence-electron chi connectivity index (χ0n) is 16.1. The van der Waals surface area contributed by atoms with E-state index in [4.69, 9.17) is 4.74 Å². The summed E-state index contributed by atoms with van der Waals surface area (Å²) in [4.78, 5) is 32.3. The Morgan fingerprint density at radius 2 is 1.46 bits per heavy atom. The molecule has 4 rings (SSSR count). The summed E-state index contributed by atoms with van der Waals surface area (Å²) in [5.41, 5.74) is 2.27. The van der Waals surface area contributed by atoms with Crippen molar-refractivity contribution in [2.24, 2.45) is 0 Å². The third kappa shape index (κ3) is 3.16. The third-order valence-corrected chi connectivity index (χ3v) is 5.27. The standard InChI is InChI=1S/C22H23N3O3/c1-23-12-14-24(15-13-23)20-19(16-8-10-18(28-2)11-9-16)21(26)25(22(20)27)17-6-4-3-5-7-17/h3-11H,12-15H2,1-2H3. The highest BCUT2D eigenvalue weighted by atomic mass is 16.5. The molecule has 2 aromatic rings. The molecule has 2 heterocycles. The molecule has 2 aromatic carbocycles. The van der Waals surface area contributed by atoms with Crippen molar-refractivity contribution in [3.8, 4) is 5.75 Å². The molecule has 0 bridgehead atoms. The van der Waals surface area contributed by atoms with E-state index in [-0.39, 0.29) is 11.8 Å². The number of piperazine rings is 1. The molecule has 2 aliphatic rings. The lowest BCUT2D eigenvalue weighted by Crippen LogP contribution is -2.46. The molecule has 6 heteroatoms. The van der Waals surface area contributed by atoms with E-state index < -0.39 is 0 Å². The summed E-state index contributed by atoms with van der Waals surface area (Å²) < 4.78 is 5.23. The molecule has 0 aromatic heterocycles. The van der Waals surface area contributed by atoms with E-state index in [1.807, 2.05) is 47.4 Å². The molecule has 28 heavy (non-hydrogen) atoms. The molecule has 0 spiro atoms. The van der Waals surface area contributed by atoms with Gasteiger partial charge in [-0.25, -0.2) is 4.90 Å². The highest BCUT2D eigenvalue weighted by Gasteiger charge is 2.42. The lowest BCUT2D eigenvalue weighted by atomic mass is 10.0. The highest BCUT2D eigenvalue weighted by molar-refractivity contribution is 6.45. The van der Waals surface area contributed by atoms with Crippen molar-refractivity contribution in [3.05, 3.63) is 65.9 Å². The van der Waals surface area contributed by atoms with Crippen LogP contribution < -0.4 is 9.64 Å². The van der Waals surface area contributed by atoms with Gasteiger partial charge in [0, 0.05) is 26.2 Å². The van der Waals surface area contributed by atoms with Crippen LogP contribution in [-0.4, -0.2) is 62.0 Å². The van der Waals surface area contributed by atoms with E-state index >= 15 is 0 Å². The second-order valence-electron chi connectivity index (χ2n) is 7.02. The number of benzene rings is 2. The van der Waals surface area contributed by atoms with Crippen molar-refractivity contribution >= 4 is 23.1 Å². The number of imide groups is 1. The number of hydrogen-bond acceptors (Lipinski definition) is 5. The molecular weight excluding hydrogens is 354 g/mol. The van der Waals surface area contributed by atoms with Gasteiger partial charge in [-0.15, -0.1) is 0 Å². The van der Waals surface area contributed by atoms with Crippen molar-refractivity contribution in [3.63, 3.8) is 0 Å². The van der Waals surface area contributed by atoms with E-state index in [1.165, 1.54) is 4.90 Å². The zero-order valence-corrected chi connectivity index (χ0v) is 16.1. The van der Waals surface area contributed by atoms with Gasteiger partial charge in [-0.1, -0.05) is 30.3 Å². The number of ether oxygens (including phenoxy) is 1. The van der Waals surface area contributed by atoms with Crippen LogP contribution in [0.15, 0.2) is 60.3 Å². The first kappa shape index (κ1) is 18.3. The topological polar surface area (TPSA) is 53.1 Å². The van der Waals surface area contributed by atoms with Gasteiger partial charge in [0.1, 0.15) is 11.4 Å². The summed E-state index contributed by atoms with van der Waals surface area (Å²) in [5.74, 6) is 0.170. The van der Waals surface area contributed by atoms with E-state index in [9.17, 15) is 9.59 Å². The van der Waals surface area contributed by atoms with Gasteiger partial charge in [-0.05, 0) is 36.9 Å². The maximum Gasteiger partial charge on any atom is 0.282 e. The number of hydrogen-bond donors (Lipinski definition) is 0. The number of nitrogens with zero attached hydrogens (tertiary/aromatic N) is 3. The fourth-order valence-electron chi connectivity index (χ4n) is 3.67. The van der Waals surface area contributed by atoms with Crippen LogP contribution in [0.5, 0.6) is 5.75 Å². The number of rotatable bonds is 4. The molecule has 0 unspecified atom stereocenters. The Bertz CT molecular complexity index is 914. The first-order chi connectivity index (χ1) is 13.6. The van der Waals surface area contributed by atoms with Gasteiger partial charge >= 0.3 is 0 Å². The molecule has 0 aliphatic carbocycles. The second-order valence-corrected chi connectivity index (χ2v) is 7.02. The van der Waals surface area contributed by atoms with Crippen molar-refractivity contribution in [1.29, 1.82) is 0 Å². The number of likely N-dealkylation sites (N-methyl/N-ethyl adjacent to an activating group) is 1. The second kappa shape index (κ2) is 7.48. The van der Waals surface area contributed by atoms with Crippen LogP contribution in [0.2, 0.25) is 0 Å². The van der Waals surface area contributed by atoms with E-state index in [0.717, 1.165) is 18.7 Å². The molecule has 0 saturated carbocycles. The van der Waals surface area contributed by atoms with Crippen molar-refractivity contribution in [1.82, 2.24) is 9.80 Å². The van der Waals surface area contributed by atoms with E-state index in [1.54, 1.807) is 19.2 Å². The SMILES string of the molecule is COc1ccc(C2=C(N3CCN(C)CC3)C(=O)N(c3ccccc3)C2=O)cc1. The molecular formula is C22H23N3O3. The van der Waals surface area contributed by atoms with Gasteiger partial charge in [0.15, 0.2) is 0 Å². The number of methoxy groups -OCH3 is 1. The fourth-order valence-corrected chi connectivity index (χ4v) is 3.67. The van der Waals surface area contributed by atoms with Crippen LogP contribution in [0.3, 0.4) is 0 Å². The van der Waals surface area contributed by atoms with Crippen molar-refractivity contribution in [2.75, 3.05) is 45.2 Å². The minimum atomic E-state index is -0.282. The maximum absolute atomic E-state index is 13.4. The Labute approximate surface area is 164 Å². The number of carbonyl (C=O) groups is 2. The van der Waals surface area contributed by atoms with Crippen LogP contribution in [-0.2, 0) is 9.59 Å². The smallest absolute Gasteiger partial charge is 0.282 e. The monoisotopic (exact) mass is 377 g/mol. The number of carbonyl (C=O) groups excluding carboxylic acids is 2. The minimum absolute atomic E-state index is 0.258. The molecule has 0 radical (unpaired) electrons. The van der Waals surface area contributed by atoms with Crippen molar-refractivity contribution < 1.29 is 14.3 Å². The lowest BCUT2D eigenvalue weighted by Gasteiger charge is -2.34. The van der Waals surface area contributed by atoms with Gasteiger partial charge in [-0.2, -0.15) is 0 Å². The molecule has 2 amide bonds. The molecule has 1 fully saturated rings. The normalized spacial score (nSPS) is 18.2. The lowest BCUT2D eigenvalue weighted by molar-refractivity contribution is -0.120. The number of anilines is 1. The summed E-state index contributed by atoms with van der Waals surface area (Å²) in [6.45, 7) is 3.14. The number of amides is 2. The Kier molecular flexibility index (Phi) is 4.88. The largest absolute Gasteiger partial charge is 0.497 e. The predicted octanol–water partition coefficient (Wildman–Crippen LogP) is 2.23. The summed E-state index contributed by atoms with van der Waals surface area (Å²) >= 11 is 0. The molecule has 0 N–H and O–H groups in total. The van der Waals surface area contributed by atoms with Crippen LogP contribution >= 0.6 is 0 Å². The summed E-state index contributed by atoms with van der Waals surface area (Å²) in [6.07, 6.45) is 0. The van der Waals surface area contributed by atoms with Gasteiger partial charge < -0.3 is 14.5 Å². The first-order valence-corrected chi connectivity index (χ1v) is 9.36. The van der Waals surface area contributed by atoms with Crippen LogP contribution in [0, 0.1) is 0 Å². The third-order valence-electron chi connectivity index (χ3n) is 5.27. The Morgan fingerprint density at radius 3 is 2.07 bits per heavy atom. The van der Waals surface area contributed by atoms with Crippen LogP contribution in [0.4, 0.5) is 5.69 Å². The fraction of sp³-hybridized carbons (Fsp3) is 0.273. The molecule has 6 nitrogen and oxygen atoms in total. The number of para-hydroxylation sites is 1. The van der Waals surface area contributed by atoms with E-state index in [2.05, 4.69) is 11.9 Å². The predicted molar refractivity (Wildman–Crippen MR) is 108 cm³/mol. The summed E-state index contributed by atoms with van der Waals surface area (Å²) in [7, 11) is 3.67. The van der Waals surface area contributed by atoms with Crippen molar-refractivity contribution in [2.45, 2.75) is 0 Å². The van der Waals surface area contributed by atoms with Gasteiger partial charge in [0.25, 0.3) is 11.8 Å². The summed E-state index contributed by atoms with van der Waals surface area (Å²) in [6, 6.07) is 16.4. The first-order valence-electron chi connectivity index (χ1n) is 9.36.